The maximum absolute atomic E-state index is 12.7. The number of carbonyl (C=O) groups excluding carboxylic acids is 1. The minimum atomic E-state index is -4.68. The van der Waals surface area contributed by atoms with Crippen molar-refractivity contribution in [3.8, 4) is 11.5 Å². The molecule has 0 spiro atoms. The first kappa shape index (κ1) is 19.3. The topological polar surface area (TPSA) is 103 Å². The molecule has 1 aliphatic heterocycles. The van der Waals surface area contributed by atoms with E-state index in [9.17, 15) is 28.1 Å². The summed E-state index contributed by atoms with van der Waals surface area (Å²) in [6, 6.07) is 6.87. The molecule has 0 bridgehead atoms. The van der Waals surface area contributed by atoms with Crippen LogP contribution in [0.4, 0.5) is 24.5 Å². The maximum atomic E-state index is 12.7. The van der Waals surface area contributed by atoms with Gasteiger partial charge in [0.15, 0.2) is 11.5 Å². The van der Waals surface area contributed by atoms with Gasteiger partial charge in [-0.05, 0) is 30.3 Å². The minimum Gasteiger partial charge on any atom is -0.454 e. The van der Waals surface area contributed by atoms with Crippen LogP contribution in [0.15, 0.2) is 36.4 Å². The zero-order valence-electron chi connectivity index (χ0n) is 14.2. The Hall–Kier alpha value is -3.50. The van der Waals surface area contributed by atoms with Crippen LogP contribution in [0, 0.1) is 10.1 Å². The number of nitro benzene ring substituents is 1. The number of nitrogens with zero attached hydrogens (tertiary/aromatic N) is 1. The van der Waals surface area contributed by atoms with Gasteiger partial charge in [-0.2, -0.15) is 13.2 Å². The molecule has 2 N–H and O–H groups in total. The monoisotopic (exact) mass is 397 g/mol. The third-order valence-electron chi connectivity index (χ3n) is 3.88. The molecule has 0 aromatic heterocycles. The van der Waals surface area contributed by atoms with Crippen molar-refractivity contribution in [2.24, 2.45) is 0 Å². The summed E-state index contributed by atoms with van der Waals surface area (Å²) in [5.74, 6) is 0.584. The Kier molecular flexibility index (Phi) is 5.25. The number of benzene rings is 2. The van der Waals surface area contributed by atoms with E-state index in [2.05, 4.69) is 10.6 Å². The average Bonchev–Trinajstić information content (AvgIpc) is 3.11. The van der Waals surface area contributed by atoms with E-state index in [-0.39, 0.29) is 25.6 Å². The van der Waals surface area contributed by atoms with E-state index < -0.39 is 28.3 Å². The molecule has 0 radical (unpaired) electrons. The summed E-state index contributed by atoms with van der Waals surface area (Å²) >= 11 is 0. The second-order valence-corrected chi connectivity index (χ2v) is 5.74. The highest BCUT2D eigenvalue weighted by molar-refractivity contribution is 5.94. The Labute approximate surface area is 156 Å². The number of hydrogen-bond acceptors (Lipinski definition) is 6. The summed E-state index contributed by atoms with van der Waals surface area (Å²) in [6.07, 6.45) is -4.68. The number of alkyl halides is 3. The average molecular weight is 397 g/mol. The standard InChI is InChI=1S/C17H14F3N3O5/c18-17(19,20)11-2-3-12(13(8-11)23(25)26)21-5-6-22-16(24)10-1-4-14-15(7-10)28-9-27-14/h1-4,7-8,21H,5-6,9H2,(H,22,24). The van der Waals surface area contributed by atoms with E-state index in [1.807, 2.05) is 0 Å². The number of anilines is 1. The van der Waals surface area contributed by atoms with Gasteiger partial charge in [-0.3, -0.25) is 14.9 Å². The molecule has 8 nitrogen and oxygen atoms in total. The van der Waals surface area contributed by atoms with Gasteiger partial charge in [0.1, 0.15) is 5.69 Å². The smallest absolute Gasteiger partial charge is 0.416 e. The SMILES string of the molecule is O=C(NCCNc1ccc(C(F)(F)F)cc1[N+](=O)[O-])c1ccc2c(c1)OCO2. The first-order valence-electron chi connectivity index (χ1n) is 8.03. The molecular weight excluding hydrogens is 383 g/mol. The largest absolute Gasteiger partial charge is 0.454 e. The number of hydrogen-bond donors (Lipinski definition) is 2. The highest BCUT2D eigenvalue weighted by Crippen LogP contribution is 2.35. The number of rotatable bonds is 6. The molecule has 2 aromatic carbocycles. The zero-order chi connectivity index (χ0) is 20.3. The summed E-state index contributed by atoms with van der Waals surface area (Å²) < 4.78 is 48.4. The number of nitro groups is 1. The van der Waals surface area contributed by atoms with Gasteiger partial charge in [0.25, 0.3) is 11.6 Å². The third-order valence-corrected chi connectivity index (χ3v) is 3.88. The first-order chi connectivity index (χ1) is 13.3. The summed E-state index contributed by atoms with van der Waals surface area (Å²) in [4.78, 5) is 22.2. The fourth-order valence-corrected chi connectivity index (χ4v) is 2.52. The predicted octanol–water partition coefficient (Wildman–Crippen LogP) is 3.18. The fourth-order valence-electron chi connectivity index (χ4n) is 2.52. The summed E-state index contributed by atoms with van der Waals surface area (Å²) in [5.41, 5.74) is -1.54. The molecule has 0 atom stereocenters. The normalized spacial score (nSPS) is 12.5. The second-order valence-electron chi connectivity index (χ2n) is 5.74. The van der Waals surface area contributed by atoms with Gasteiger partial charge in [-0.15, -0.1) is 0 Å². The van der Waals surface area contributed by atoms with Gasteiger partial charge in [-0.1, -0.05) is 0 Å². The van der Waals surface area contributed by atoms with Crippen molar-refractivity contribution in [3.05, 3.63) is 57.6 Å². The van der Waals surface area contributed by atoms with Crippen molar-refractivity contribution in [1.29, 1.82) is 0 Å². The van der Waals surface area contributed by atoms with E-state index in [0.29, 0.717) is 23.1 Å². The number of carbonyl (C=O) groups is 1. The van der Waals surface area contributed by atoms with Gasteiger partial charge < -0.3 is 20.1 Å². The van der Waals surface area contributed by atoms with Crippen molar-refractivity contribution < 1.29 is 32.4 Å². The van der Waals surface area contributed by atoms with Gasteiger partial charge in [0.05, 0.1) is 10.5 Å². The molecule has 0 saturated carbocycles. The van der Waals surface area contributed by atoms with E-state index in [0.717, 1.165) is 12.1 Å². The number of fused-ring (bicyclic) bond motifs is 1. The second kappa shape index (κ2) is 7.62. The molecule has 0 saturated heterocycles. The lowest BCUT2D eigenvalue weighted by Crippen LogP contribution is -2.28. The molecule has 0 aliphatic carbocycles. The Morgan fingerprint density at radius 3 is 2.57 bits per heavy atom. The van der Waals surface area contributed by atoms with Crippen molar-refractivity contribution >= 4 is 17.3 Å². The van der Waals surface area contributed by atoms with Crippen LogP contribution < -0.4 is 20.1 Å². The molecule has 0 unspecified atom stereocenters. The number of amides is 1. The summed E-state index contributed by atoms with van der Waals surface area (Å²) in [7, 11) is 0. The molecule has 28 heavy (non-hydrogen) atoms. The van der Waals surface area contributed by atoms with Crippen molar-refractivity contribution in [3.63, 3.8) is 0 Å². The highest BCUT2D eigenvalue weighted by Gasteiger charge is 2.33. The lowest BCUT2D eigenvalue weighted by molar-refractivity contribution is -0.384. The van der Waals surface area contributed by atoms with Crippen LogP contribution in [0.3, 0.4) is 0 Å². The first-order valence-corrected chi connectivity index (χ1v) is 8.03. The zero-order valence-corrected chi connectivity index (χ0v) is 14.2. The van der Waals surface area contributed by atoms with Crippen molar-refractivity contribution in [1.82, 2.24) is 5.32 Å². The quantitative estimate of drug-likeness (QED) is 0.441. The van der Waals surface area contributed by atoms with E-state index in [1.54, 1.807) is 12.1 Å². The van der Waals surface area contributed by atoms with Crippen LogP contribution in [0.5, 0.6) is 11.5 Å². The Bertz CT molecular complexity index is 917. The van der Waals surface area contributed by atoms with Crippen molar-refractivity contribution in [2.75, 3.05) is 25.2 Å². The predicted molar refractivity (Wildman–Crippen MR) is 91.5 cm³/mol. The lowest BCUT2D eigenvalue weighted by Gasteiger charge is -2.11. The van der Waals surface area contributed by atoms with E-state index >= 15 is 0 Å². The van der Waals surface area contributed by atoms with Gasteiger partial charge in [0, 0.05) is 24.7 Å². The van der Waals surface area contributed by atoms with Crippen molar-refractivity contribution in [2.45, 2.75) is 6.18 Å². The lowest BCUT2D eigenvalue weighted by atomic mass is 10.1. The molecule has 2 aromatic rings. The van der Waals surface area contributed by atoms with Gasteiger partial charge >= 0.3 is 6.18 Å². The fraction of sp³-hybridized carbons (Fsp3) is 0.235. The highest BCUT2D eigenvalue weighted by atomic mass is 19.4. The van der Waals surface area contributed by atoms with Gasteiger partial charge in [0.2, 0.25) is 6.79 Å². The number of ether oxygens (including phenoxy) is 2. The molecule has 1 amide bonds. The minimum absolute atomic E-state index is 0.0719. The van der Waals surface area contributed by atoms with E-state index in [1.165, 1.54) is 6.07 Å². The summed E-state index contributed by atoms with van der Waals surface area (Å²) in [5, 5.41) is 16.3. The van der Waals surface area contributed by atoms with Crippen LogP contribution >= 0.6 is 0 Å². The van der Waals surface area contributed by atoms with Crippen LogP contribution in [-0.2, 0) is 6.18 Å². The molecule has 0 fully saturated rings. The molecule has 1 heterocycles. The van der Waals surface area contributed by atoms with E-state index in [4.69, 9.17) is 9.47 Å². The third kappa shape index (κ3) is 4.24. The Balaban J connectivity index is 1.57. The van der Waals surface area contributed by atoms with Crippen LogP contribution in [-0.4, -0.2) is 30.7 Å². The van der Waals surface area contributed by atoms with Gasteiger partial charge in [-0.25, -0.2) is 0 Å². The Morgan fingerprint density at radius 1 is 1.11 bits per heavy atom. The van der Waals surface area contributed by atoms with Crippen LogP contribution in [0.25, 0.3) is 0 Å². The van der Waals surface area contributed by atoms with Crippen LogP contribution in [0.1, 0.15) is 15.9 Å². The summed E-state index contributed by atoms with van der Waals surface area (Å²) in [6.45, 7) is 0.240. The molecule has 11 heteroatoms. The number of nitrogens with one attached hydrogen (secondary N) is 2. The number of halogens is 3. The van der Waals surface area contributed by atoms with Crippen LogP contribution in [0.2, 0.25) is 0 Å². The molecular formula is C17H14F3N3O5. The Morgan fingerprint density at radius 2 is 1.86 bits per heavy atom. The molecule has 3 rings (SSSR count). The molecule has 1 aliphatic rings. The maximum Gasteiger partial charge on any atom is 0.416 e. The molecule has 148 valence electrons.